The summed E-state index contributed by atoms with van der Waals surface area (Å²) in [7, 11) is 0. The average Bonchev–Trinajstić information content (AvgIpc) is 2.43. The molecule has 0 aliphatic carbocycles. The van der Waals surface area contributed by atoms with Crippen molar-refractivity contribution in [1.29, 1.82) is 0 Å². The number of aromatic nitrogens is 4. The van der Waals surface area contributed by atoms with Gasteiger partial charge in [0.05, 0.1) is 0 Å². The van der Waals surface area contributed by atoms with E-state index in [0.29, 0.717) is 28.1 Å². The first kappa shape index (κ1) is 8.72. The van der Waals surface area contributed by atoms with Gasteiger partial charge in [0.25, 0.3) is 0 Å². The number of halogens is 2. The highest BCUT2D eigenvalue weighted by atomic mass is 35.5. The molecule has 0 aromatic carbocycles. The van der Waals surface area contributed by atoms with Crippen LogP contribution in [0, 0.1) is 0 Å². The molecule has 2 aromatic heterocycles. The van der Waals surface area contributed by atoms with Crippen molar-refractivity contribution in [3.05, 3.63) is 16.8 Å². The van der Waals surface area contributed by atoms with Gasteiger partial charge in [-0.25, -0.2) is 15.0 Å². The first-order chi connectivity index (χ1) is 6.24. The second-order valence-electron chi connectivity index (χ2n) is 2.46. The van der Waals surface area contributed by atoms with Gasteiger partial charge >= 0.3 is 0 Å². The summed E-state index contributed by atoms with van der Waals surface area (Å²) in [5.74, 6) is 0. The fourth-order valence-corrected chi connectivity index (χ4v) is 1.62. The van der Waals surface area contributed by atoms with E-state index < -0.39 is 0 Å². The smallest absolute Gasteiger partial charge is 0.205 e. The van der Waals surface area contributed by atoms with E-state index in [-0.39, 0.29) is 0 Å². The van der Waals surface area contributed by atoms with Crippen LogP contribution in [-0.4, -0.2) is 19.5 Å². The molecule has 0 saturated carbocycles. The van der Waals surface area contributed by atoms with Crippen molar-refractivity contribution in [2.45, 2.75) is 13.5 Å². The van der Waals surface area contributed by atoms with Gasteiger partial charge in [-0.2, -0.15) is 0 Å². The first-order valence-corrected chi connectivity index (χ1v) is 4.52. The van der Waals surface area contributed by atoms with E-state index in [1.807, 2.05) is 6.92 Å². The predicted octanol–water partition coefficient (Wildman–Crippen LogP) is 2.15. The van der Waals surface area contributed by atoms with Crippen LogP contribution in [0.15, 0.2) is 6.33 Å². The van der Waals surface area contributed by atoms with Crippen LogP contribution in [0.5, 0.6) is 0 Å². The summed E-state index contributed by atoms with van der Waals surface area (Å²) in [5.41, 5.74) is 1.23. The molecule has 0 aliphatic rings. The van der Waals surface area contributed by atoms with E-state index >= 15 is 0 Å². The zero-order valence-corrected chi connectivity index (χ0v) is 8.34. The molecule has 6 heteroatoms. The van der Waals surface area contributed by atoms with Crippen LogP contribution in [0.1, 0.15) is 6.92 Å². The highest BCUT2D eigenvalue weighted by Crippen LogP contribution is 2.21. The van der Waals surface area contributed by atoms with E-state index in [2.05, 4.69) is 15.0 Å². The number of nitrogens with zero attached hydrogens (tertiary/aromatic N) is 4. The third-order valence-electron chi connectivity index (χ3n) is 1.76. The number of hydrogen-bond donors (Lipinski definition) is 0. The van der Waals surface area contributed by atoms with Crippen molar-refractivity contribution >= 4 is 34.4 Å². The zero-order chi connectivity index (χ0) is 9.42. The molecule has 0 radical (unpaired) electrons. The van der Waals surface area contributed by atoms with E-state index in [1.165, 1.54) is 6.33 Å². The fourth-order valence-electron chi connectivity index (χ4n) is 1.16. The van der Waals surface area contributed by atoms with Crippen molar-refractivity contribution in [3.8, 4) is 0 Å². The molecule has 68 valence electrons. The summed E-state index contributed by atoms with van der Waals surface area (Å²) < 4.78 is 1.77. The Labute approximate surface area is 84.5 Å². The maximum Gasteiger partial charge on any atom is 0.205 e. The number of imidazole rings is 1. The minimum atomic E-state index is 0.333. The Morgan fingerprint density at radius 1 is 1.38 bits per heavy atom. The van der Waals surface area contributed by atoms with Gasteiger partial charge in [-0.05, 0) is 18.5 Å². The molecule has 0 spiro atoms. The summed E-state index contributed by atoms with van der Waals surface area (Å²) in [5, 5.41) is 0.721. The molecule has 0 saturated heterocycles. The highest BCUT2D eigenvalue weighted by molar-refractivity contribution is 6.34. The maximum absolute atomic E-state index is 5.87. The topological polar surface area (TPSA) is 43.6 Å². The van der Waals surface area contributed by atoms with Gasteiger partial charge in [-0.3, -0.25) is 4.57 Å². The van der Waals surface area contributed by atoms with Crippen LogP contribution >= 0.6 is 23.2 Å². The molecule has 2 heterocycles. The number of hydrogen-bond acceptors (Lipinski definition) is 3. The number of rotatable bonds is 1. The lowest BCUT2D eigenvalue weighted by Crippen LogP contribution is -1.95. The lowest BCUT2D eigenvalue weighted by atomic mass is 10.5. The third-order valence-corrected chi connectivity index (χ3v) is 2.32. The SMILES string of the molecule is CCn1c(Cl)nc2c(Cl)ncnc21. The Morgan fingerprint density at radius 2 is 2.15 bits per heavy atom. The van der Waals surface area contributed by atoms with Gasteiger partial charge in [0.2, 0.25) is 5.28 Å². The minimum absolute atomic E-state index is 0.333. The fraction of sp³-hybridized carbons (Fsp3) is 0.286. The van der Waals surface area contributed by atoms with Crippen molar-refractivity contribution in [2.24, 2.45) is 0 Å². The molecule has 2 aromatic rings. The molecule has 0 N–H and O–H groups in total. The lowest BCUT2D eigenvalue weighted by molar-refractivity contribution is 0.778. The summed E-state index contributed by atoms with van der Waals surface area (Å²) in [6, 6.07) is 0. The van der Waals surface area contributed by atoms with Crippen LogP contribution in [0.3, 0.4) is 0 Å². The number of fused-ring (bicyclic) bond motifs is 1. The van der Waals surface area contributed by atoms with E-state index in [0.717, 1.165) is 0 Å². The van der Waals surface area contributed by atoms with Crippen LogP contribution in [0.2, 0.25) is 10.4 Å². The van der Waals surface area contributed by atoms with Crippen LogP contribution in [0.25, 0.3) is 11.2 Å². The molecule has 2 rings (SSSR count). The van der Waals surface area contributed by atoms with Crippen molar-refractivity contribution in [3.63, 3.8) is 0 Å². The van der Waals surface area contributed by atoms with Gasteiger partial charge in [0.15, 0.2) is 10.8 Å². The van der Waals surface area contributed by atoms with Crippen LogP contribution in [0.4, 0.5) is 0 Å². The van der Waals surface area contributed by atoms with Gasteiger partial charge in [0.1, 0.15) is 11.8 Å². The Bertz CT molecular complexity index is 451. The molecule has 0 fully saturated rings. The molecule has 0 bridgehead atoms. The summed E-state index contributed by atoms with van der Waals surface area (Å²) in [6.07, 6.45) is 1.40. The van der Waals surface area contributed by atoms with Gasteiger partial charge in [0, 0.05) is 6.54 Å². The van der Waals surface area contributed by atoms with Crippen LogP contribution < -0.4 is 0 Å². The molecular weight excluding hydrogens is 211 g/mol. The second kappa shape index (κ2) is 3.12. The summed E-state index contributed by atoms with van der Waals surface area (Å²) in [4.78, 5) is 11.9. The quantitative estimate of drug-likeness (QED) is 0.543. The first-order valence-electron chi connectivity index (χ1n) is 3.76. The van der Waals surface area contributed by atoms with Crippen LogP contribution in [-0.2, 0) is 6.54 Å². The maximum atomic E-state index is 5.87. The molecule has 0 unspecified atom stereocenters. The average molecular weight is 217 g/mol. The monoisotopic (exact) mass is 216 g/mol. The Hall–Kier alpha value is -0.870. The molecular formula is C7H6Cl2N4. The predicted molar refractivity (Wildman–Crippen MR) is 51.0 cm³/mol. The summed E-state index contributed by atoms with van der Waals surface area (Å²) in [6.45, 7) is 2.67. The van der Waals surface area contributed by atoms with E-state index in [9.17, 15) is 0 Å². The lowest BCUT2D eigenvalue weighted by Gasteiger charge is -1.97. The molecule has 0 amide bonds. The Morgan fingerprint density at radius 3 is 2.85 bits per heavy atom. The normalized spacial score (nSPS) is 11.0. The standard InChI is InChI=1S/C7H6Cl2N4/c1-2-13-6-4(12-7(13)9)5(8)10-3-11-6/h3H,2H2,1H3. The van der Waals surface area contributed by atoms with Gasteiger partial charge < -0.3 is 0 Å². The van der Waals surface area contributed by atoms with Crippen molar-refractivity contribution < 1.29 is 0 Å². The largest absolute Gasteiger partial charge is 0.299 e. The van der Waals surface area contributed by atoms with E-state index in [4.69, 9.17) is 23.2 Å². The minimum Gasteiger partial charge on any atom is -0.299 e. The van der Waals surface area contributed by atoms with Crippen molar-refractivity contribution in [2.75, 3.05) is 0 Å². The molecule has 0 aliphatic heterocycles. The number of aryl methyl sites for hydroxylation is 1. The zero-order valence-electron chi connectivity index (χ0n) is 6.83. The van der Waals surface area contributed by atoms with Gasteiger partial charge in [-0.1, -0.05) is 11.6 Å². The second-order valence-corrected chi connectivity index (χ2v) is 3.16. The van der Waals surface area contributed by atoms with Gasteiger partial charge in [-0.15, -0.1) is 0 Å². The Kier molecular flexibility index (Phi) is 2.09. The molecule has 0 atom stereocenters. The Balaban J connectivity index is 2.86. The van der Waals surface area contributed by atoms with Crippen molar-refractivity contribution in [1.82, 2.24) is 19.5 Å². The third kappa shape index (κ3) is 1.26. The highest BCUT2D eigenvalue weighted by Gasteiger charge is 2.11. The van der Waals surface area contributed by atoms with E-state index in [1.54, 1.807) is 4.57 Å². The molecule has 4 nitrogen and oxygen atoms in total. The molecule has 13 heavy (non-hydrogen) atoms. The summed E-state index contributed by atoms with van der Waals surface area (Å²) >= 11 is 11.7.